The van der Waals surface area contributed by atoms with Crippen molar-refractivity contribution in [1.29, 1.82) is 0 Å². The fourth-order valence-corrected chi connectivity index (χ4v) is 2.05. The van der Waals surface area contributed by atoms with E-state index in [0.29, 0.717) is 42.5 Å². The zero-order valence-corrected chi connectivity index (χ0v) is 13.0. The lowest BCUT2D eigenvalue weighted by Crippen LogP contribution is -2.37. The highest BCUT2D eigenvalue weighted by Crippen LogP contribution is 2.12. The van der Waals surface area contributed by atoms with E-state index in [2.05, 4.69) is 0 Å². The molecule has 1 rings (SSSR count). The SMILES string of the molecule is COCCN(CCC(N)=S)C(=O)Cc1cccc(Cl)c1. The number of hydrogen-bond acceptors (Lipinski definition) is 3. The standard InChI is InChI=1S/C14H19ClN2O2S/c1-19-8-7-17(6-5-13(16)20)14(18)10-11-3-2-4-12(15)9-11/h2-4,9H,5-8,10H2,1H3,(H2,16,20). The van der Waals surface area contributed by atoms with E-state index in [0.717, 1.165) is 5.56 Å². The number of halogens is 1. The predicted molar refractivity (Wildman–Crippen MR) is 85.0 cm³/mol. The van der Waals surface area contributed by atoms with Gasteiger partial charge in [-0.3, -0.25) is 4.79 Å². The Morgan fingerprint density at radius 1 is 1.45 bits per heavy atom. The summed E-state index contributed by atoms with van der Waals surface area (Å²) in [6.07, 6.45) is 0.821. The Kier molecular flexibility index (Phi) is 7.51. The van der Waals surface area contributed by atoms with Crippen LogP contribution in [0, 0.1) is 0 Å². The van der Waals surface area contributed by atoms with Crippen LogP contribution in [0.2, 0.25) is 5.02 Å². The number of carbonyl (C=O) groups is 1. The third-order valence-electron chi connectivity index (χ3n) is 2.79. The van der Waals surface area contributed by atoms with Gasteiger partial charge in [-0.15, -0.1) is 0 Å². The highest BCUT2D eigenvalue weighted by molar-refractivity contribution is 7.80. The van der Waals surface area contributed by atoms with Gasteiger partial charge in [-0.1, -0.05) is 36.0 Å². The van der Waals surface area contributed by atoms with Gasteiger partial charge in [-0.2, -0.15) is 0 Å². The Bertz CT molecular complexity index is 468. The number of ether oxygens (including phenoxy) is 1. The fraction of sp³-hybridized carbons (Fsp3) is 0.429. The van der Waals surface area contributed by atoms with Crippen molar-refractivity contribution in [3.05, 3.63) is 34.9 Å². The quantitative estimate of drug-likeness (QED) is 0.746. The maximum absolute atomic E-state index is 12.3. The number of nitrogens with two attached hydrogens (primary N) is 1. The summed E-state index contributed by atoms with van der Waals surface area (Å²) in [6.45, 7) is 1.52. The molecule has 6 heteroatoms. The van der Waals surface area contributed by atoms with E-state index < -0.39 is 0 Å². The molecule has 0 aliphatic rings. The summed E-state index contributed by atoms with van der Waals surface area (Å²) < 4.78 is 5.02. The Balaban J connectivity index is 2.63. The van der Waals surface area contributed by atoms with Crippen molar-refractivity contribution < 1.29 is 9.53 Å². The first-order chi connectivity index (χ1) is 9.52. The molecular formula is C14H19ClN2O2S. The highest BCUT2D eigenvalue weighted by atomic mass is 35.5. The summed E-state index contributed by atoms with van der Waals surface area (Å²) in [5.41, 5.74) is 6.38. The van der Waals surface area contributed by atoms with Gasteiger partial charge in [0.15, 0.2) is 0 Å². The number of amides is 1. The lowest BCUT2D eigenvalue weighted by atomic mass is 10.1. The molecule has 1 amide bonds. The van der Waals surface area contributed by atoms with Crippen LogP contribution in [-0.4, -0.2) is 42.6 Å². The average molecular weight is 315 g/mol. The molecule has 0 heterocycles. The van der Waals surface area contributed by atoms with E-state index in [4.69, 9.17) is 34.3 Å². The molecule has 0 aliphatic carbocycles. The average Bonchev–Trinajstić information content (AvgIpc) is 2.38. The van der Waals surface area contributed by atoms with Gasteiger partial charge in [0.05, 0.1) is 18.0 Å². The fourth-order valence-electron chi connectivity index (χ4n) is 1.74. The smallest absolute Gasteiger partial charge is 0.227 e. The summed E-state index contributed by atoms with van der Waals surface area (Å²) >= 11 is 10.8. The van der Waals surface area contributed by atoms with Crippen molar-refractivity contribution in [3.63, 3.8) is 0 Å². The lowest BCUT2D eigenvalue weighted by Gasteiger charge is -2.22. The van der Waals surface area contributed by atoms with E-state index in [1.165, 1.54) is 0 Å². The largest absolute Gasteiger partial charge is 0.393 e. The van der Waals surface area contributed by atoms with Crippen molar-refractivity contribution in [3.8, 4) is 0 Å². The first-order valence-electron chi connectivity index (χ1n) is 6.32. The minimum absolute atomic E-state index is 0.0144. The molecule has 0 aliphatic heterocycles. The first-order valence-corrected chi connectivity index (χ1v) is 7.11. The van der Waals surface area contributed by atoms with Crippen LogP contribution in [0.25, 0.3) is 0 Å². The van der Waals surface area contributed by atoms with Crippen molar-refractivity contribution in [1.82, 2.24) is 4.90 Å². The topological polar surface area (TPSA) is 55.6 Å². The first kappa shape index (κ1) is 16.9. The van der Waals surface area contributed by atoms with Crippen LogP contribution in [0.3, 0.4) is 0 Å². The van der Waals surface area contributed by atoms with E-state index in [1.807, 2.05) is 12.1 Å². The van der Waals surface area contributed by atoms with Gasteiger partial charge in [-0.05, 0) is 17.7 Å². The van der Waals surface area contributed by atoms with Crippen molar-refractivity contribution >= 4 is 34.7 Å². The van der Waals surface area contributed by atoms with Crippen LogP contribution in [0.15, 0.2) is 24.3 Å². The number of carbonyl (C=O) groups excluding carboxylic acids is 1. The van der Waals surface area contributed by atoms with Gasteiger partial charge >= 0.3 is 0 Å². The number of methoxy groups -OCH3 is 1. The normalized spacial score (nSPS) is 10.3. The van der Waals surface area contributed by atoms with Gasteiger partial charge in [0.2, 0.25) is 5.91 Å². The van der Waals surface area contributed by atoms with Gasteiger partial charge in [-0.25, -0.2) is 0 Å². The minimum Gasteiger partial charge on any atom is -0.393 e. The maximum atomic E-state index is 12.3. The molecule has 0 atom stereocenters. The molecule has 0 saturated heterocycles. The molecule has 0 bridgehead atoms. The molecule has 0 fully saturated rings. The summed E-state index contributed by atoms with van der Waals surface area (Å²) in [5, 5.41) is 0.627. The van der Waals surface area contributed by atoms with Crippen molar-refractivity contribution in [2.24, 2.45) is 5.73 Å². The molecular weight excluding hydrogens is 296 g/mol. The monoisotopic (exact) mass is 314 g/mol. The molecule has 0 radical (unpaired) electrons. The molecule has 4 nitrogen and oxygen atoms in total. The Labute approximate surface area is 129 Å². The van der Waals surface area contributed by atoms with Gasteiger partial charge in [0.1, 0.15) is 0 Å². The lowest BCUT2D eigenvalue weighted by molar-refractivity contribution is -0.131. The molecule has 110 valence electrons. The molecule has 0 spiro atoms. The third-order valence-corrected chi connectivity index (χ3v) is 3.23. The van der Waals surface area contributed by atoms with Crippen LogP contribution >= 0.6 is 23.8 Å². The van der Waals surface area contributed by atoms with Crippen LogP contribution in [0.4, 0.5) is 0 Å². The number of hydrogen-bond donors (Lipinski definition) is 1. The van der Waals surface area contributed by atoms with Gasteiger partial charge in [0, 0.05) is 31.6 Å². The molecule has 20 heavy (non-hydrogen) atoms. The Hall–Kier alpha value is -1.17. The van der Waals surface area contributed by atoms with Crippen LogP contribution in [-0.2, 0) is 16.0 Å². The molecule has 2 N–H and O–H groups in total. The molecule has 0 saturated carbocycles. The Morgan fingerprint density at radius 3 is 2.80 bits per heavy atom. The van der Waals surface area contributed by atoms with E-state index in [-0.39, 0.29) is 5.91 Å². The molecule has 1 aromatic rings. The van der Waals surface area contributed by atoms with Crippen LogP contribution in [0.1, 0.15) is 12.0 Å². The van der Waals surface area contributed by atoms with Crippen molar-refractivity contribution in [2.75, 3.05) is 26.8 Å². The Morgan fingerprint density at radius 2 is 2.20 bits per heavy atom. The molecule has 0 aromatic heterocycles. The zero-order valence-electron chi connectivity index (χ0n) is 11.5. The van der Waals surface area contributed by atoms with E-state index in [9.17, 15) is 4.79 Å². The minimum atomic E-state index is 0.0144. The second-order valence-corrected chi connectivity index (χ2v) is 5.36. The number of benzene rings is 1. The summed E-state index contributed by atoms with van der Waals surface area (Å²) in [4.78, 5) is 14.4. The van der Waals surface area contributed by atoms with E-state index in [1.54, 1.807) is 24.1 Å². The van der Waals surface area contributed by atoms with Gasteiger partial charge in [0.25, 0.3) is 0 Å². The van der Waals surface area contributed by atoms with Crippen molar-refractivity contribution in [2.45, 2.75) is 12.8 Å². The second kappa shape index (κ2) is 8.89. The summed E-state index contributed by atoms with van der Waals surface area (Å²) in [7, 11) is 1.60. The number of thiocarbonyl (C=S) groups is 1. The highest BCUT2D eigenvalue weighted by Gasteiger charge is 2.14. The van der Waals surface area contributed by atoms with Crippen LogP contribution < -0.4 is 5.73 Å². The molecule has 1 aromatic carbocycles. The van der Waals surface area contributed by atoms with E-state index >= 15 is 0 Å². The van der Waals surface area contributed by atoms with Gasteiger partial charge < -0.3 is 15.4 Å². The summed E-state index contributed by atoms with van der Waals surface area (Å²) in [5.74, 6) is 0.0144. The number of nitrogens with zero attached hydrogens (tertiary/aromatic N) is 1. The second-order valence-electron chi connectivity index (χ2n) is 4.40. The predicted octanol–water partition coefficient (Wildman–Crippen LogP) is 2.03. The molecule has 0 unspecified atom stereocenters. The third kappa shape index (κ3) is 6.32. The zero-order chi connectivity index (χ0) is 15.0. The maximum Gasteiger partial charge on any atom is 0.227 e. The summed E-state index contributed by atoms with van der Waals surface area (Å²) in [6, 6.07) is 7.29. The number of rotatable bonds is 8. The van der Waals surface area contributed by atoms with Crippen LogP contribution in [0.5, 0.6) is 0 Å².